The number of carbonyl (C=O) groups is 2. The van der Waals surface area contributed by atoms with Gasteiger partial charge >= 0.3 is 0 Å². The molecule has 33 heavy (non-hydrogen) atoms. The molecule has 2 aromatic rings. The van der Waals surface area contributed by atoms with Crippen LogP contribution >= 0.6 is 0 Å². The van der Waals surface area contributed by atoms with Gasteiger partial charge in [0.25, 0.3) is 5.91 Å². The number of halogens is 1. The van der Waals surface area contributed by atoms with Gasteiger partial charge in [0.2, 0.25) is 5.91 Å². The number of nitrogens with one attached hydrogen (secondary N) is 1. The summed E-state index contributed by atoms with van der Waals surface area (Å²) < 4.78 is 19.7. The van der Waals surface area contributed by atoms with E-state index < -0.39 is 11.5 Å². The van der Waals surface area contributed by atoms with Crippen molar-refractivity contribution in [2.45, 2.75) is 66.0 Å². The fourth-order valence-corrected chi connectivity index (χ4v) is 4.17. The van der Waals surface area contributed by atoms with Crippen LogP contribution in [-0.4, -0.2) is 35.9 Å². The predicted octanol–water partition coefficient (Wildman–Crippen LogP) is 5.03. The average Bonchev–Trinajstić information content (AvgIpc) is 2.79. The Hall–Kier alpha value is -2.89. The van der Waals surface area contributed by atoms with Gasteiger partial charge in [0.1, 0.15) is 11.6 Å². The maximum Gasteiger partial charge on any atom is 0.261 e. The maximum atomic E-state index is 13.7. The number of hydrogen-bond acceptors (Lipinski definition) is 3. The highest BCUT2D eigenvalue weighted by atomic mass is 19.1. The van der Waals surface area contributed by atoms with Crippen LogP contribution in [0.15, 0.2) is 42.5 Å². The first-order chi connectivity index (χ1) is 15.7. The summed E-state index contributed by atoms with van der Waals surface area (Å²) in [6, 6.07) is 11.8. The minimum atomic E-state index is -0.588. The van der Waals surface area contributed by atoms with Crippen molar-refractivity contribution in [2.75, 3.05) is 13.1 Å². The van der Waals surface area contributed by atoms with Crippen LogP contribution in [-0.2, 0) is 16.0 Å². The van der Waals surface area contributed by atoms with Gasteiger partial charge in [-0.05, 0) is 60.2 Å². The van der Waals surface area contributed by atoms with E-state index in [2.05, 4.69) is 5.32 Å². The summed E-state index contributed by atoms with van der Waals surface area (Å²) in [6.07, 6.45) is 1.54. The molecule has 2 amide bonds. The molecule has 0 aromatic heterocycles. The molecule has 3 rings (SSSR count). The van der Waals surface area contributed by atoms with Gasteiger partial charge in [0.05, 0.1) is 6.04 Å². The normalized spacial score (nSPS) is 16.7. The van der Waals surface area contributed by atoms with Crippen LogP contribution in [0.1, 0.15) is 70.2 Å². The van der Waals surface area contributed by atoms with Crippen molar-refractivity contribution in [1.82, 2.24) is 10.2 Å². The molecule has 0 unspecified atom stereocenters. The molecule has 1 aliphatic heterocycles. The van der Waals surface area contributed by atoms with Gasteiger partial charge in [0, 0.05) is 18.5 Å². The molecule has 6 heteroatoms. The zero-order valence-electron chi connectivity index (χ0n) is 20.3. The molecule has 0 aliphatic carbocycles. The van der Waals surface area contributed by atoms with E-state index >= 15 is 0 Å². The minimum absolute atomic E-state index is 0.0409. The van der Waals surface area contributed by atoms with Gasteiger partial charge in [0.15, 0.2) is 6.10 Å². The highest BCUT2D eigenvalue weighted by Gasteiger charge is 2.37. The summed E-state index contributed by atoms with van der Waals surface area (Å²) in [4.78, 5) is 27.7. The van der Waals surface area contributed by atoms with E-state index in [-0.39, 0.29) is 23.7 Å². The number of nitrogens with zero attached hydrogens (tertiary/aromatic N) is 1. The first-order valence-corrected chi connectivity index (χ1v) is 11.8. The van der Waals surface area contributed by atoms with Crippen LogP contribution in [0.25, 0.3) is 0 Å². The van der Waals surface area contributed by atoms with E-state index in [1.54, 1.807) is 12.1 Å². The molecule has 0 radical (unpaired) electrons. The lowest BCUT2D eigenvalue weighted by Gasteiger charge is -2.41. The minimum Gasteiger partial charge on any atom is -0.481 e. The van der Waals surface area contributed by atoms with Gasteiger partial charge in [-0.2, -0.15) is 0 Å². The third-order valence-electron chi connectivity index (χ3n) is 5.92. The first kappa shape index (κ1) is 24.7. The quantitative estimate of drug-likeness (QED) is 0.638. The van der Waals surface area contributed by atoms with Gasteiger partial charge < -0.3 is 15.0 Å². The van der Waals surface area contributed by atoms with E-state index in [1.165, 1.54) is 12.1 Å². The Balaban J connectivity index is 2.00. The molecule has 178 valence electrons. The molecule has 1 heterocycles. The second-order valence-electron chi connectivity index (χ2n) is 9.62. The molecule has 2 aromatic carbocycles. The third-order valence-corrected chi connectivity index (χ3v) is 5.92. The molecule has 2 atom stereocenters. The van der Waals surface area contributed by atoms with Crippen molar-refractivity contribution in [1.29, 1.82) is 0 Å². The van der Waals surface area contributed by atoms with E-state index in [0.29, 0.717) is 25.3 Å². The number of carbonyl (C=O) groups excluding carboxylic acids is 2. The van der Waals surface area contributed by atoms with E-state index in [1.807, 2.05) is 57.7 Å². The van der Waals surface area contributed by atoms with Gasteiger partial charge in [-0.3, -0.25) is 9.59 Å². The van der Waals surface area contributed by atoms with Gasteiger partial charge in [-0.1, -0.05) is 52.8 Å². The summed E-state index contributed by atoms with van der Waals surface area (Å²) in [5.41, 5.74) is 2.37. The maximum absolute atomic E-state index is 13.7. The number of benzene rings is 2. The van der Waals surface area contributed by atoms with Crippen molar-refractivity contribution in [3.8, 4) is 5.75 Å². The van der Waals surface area contributed by atoms with Crippen LogP contribution in [0.4, 0.5) is 4.39 Å². The Morgan fingerprint density at radius 3 is 2.45 bits per heavy atom. The number of fused-ring (bicyclic) bond motifs is 1. The fraction of sp³-hybridized carbons (Fsp3) is 0.481. The van der Waals surface area contributed by atoms with Crippen molar-refractivity contribution in [3.63, 3.8) is 0 Å². The Morgan fingerprint density at radius 1 is 1.15 bits per heavy atom. The van der Waals surface area contributed by atoms with Gasteiger partial charge in [-0.15, -0.1) is 0 Å². The van der Waals surface area contributed by atoms with E-state index in [0.717, 1.165) is 29.5 Å². The van der Waals surface area contributed by atoms with Crippen LogP contribution < -0.4 is 10.1 Å². The summed E-state index contributed by atoms with van der Waals surface area (Å²) in [7, 11) is 0. The van der Waals surface area contributed by atoms with Crippen molar-refractivity contribution < 1.29 is 18.7 Å². The molecule has 0 saturated heterocycles. The fourth-order valence-electron chi connectivity index (χ4n) is 4.17. The van der Waals surface area contributed by atoms with Crippen LogP contribution in [0.5, 0.6) is 5.75 Å². The topological polar surface area (TPSA) is 58.6 Å². The summed E-state index contributed by atoms with van der Waals surface area (Å²) in [5.74, 6) is 0.185. The van der Waals surface area contributed by atoms with Crippen molar-refractivity contribution >= 4 is 11.8 Å². The lowest BCUT2D eigenvalue weighted by molar-refractivity contribution is -0.141. The molecule has 1 aliphatic rings. The lowest BCUT2D eigenvalue weighted by Crippen LogP contribution is -2.45. The third kappa shape index (κ3) is 5.73. The van der Waals surface area contributed by atoms with Crippen LogP contribution in [0.2, 0.25) is 0 Å². The Morgan fingerprint density at radius 2 is 1.85 bits per heavy atom. The SMILES string of the molecule is CCCNC(=O)[C@H](CC)Oc1ccc2c(c1)[C@H](c1ccc(F)cc1)N(C(=O)C(C)(C)C)CC2. The first-order valence-electron chi connectivity index (χ1n) is 11.8. The van der Waals surface area contributed by atoms with Crippen molar-refractivity contribution in [3.05, 3.63) is 65.0 Å². The molecule has 5 nitrogen and oxygen atoms in total. The van der Waals surface area contributed by atoms with Crippen LogP contribution in [0, 0.1) is 11.2 Å². The highest BCUT2D eigenvalue weighted by molar-refractivity contribution is 5.83. The molecule has 0 spiro atoms. The number of hydrogen-bond donors (Lipinski definition) is 1. The second-order valence-corrected chi connectivity index (χ2v) is 9.62. The number of amides is 2. The van der Waals surface area contributed by atoms with E-state index in [4.69, 9.17) is 4.74 Å². The largest absolute Gasteiger partial charge is 0.481 e. The Bertz CT molecular complexity index is 982. The summed E-state index contributed by atoms with van der Waals surface area (Å²) in [6.45, 7) is 10.8. The Kier molecular flexibility index (Phi) is 7.77. The van der Waals surface area contributed by atoms with Gasteiger partial charge in [-0.25, -0.2) is 4.39 Å². The molecule has 0 saturated carbocycles. The molecule has 0 fully saturated rings. The zero-order chi connectivity index (χ0) is 24.2. The smallest absolute Gasteiger partial charge is 0.261 e. The molecular weight excluding hydrogens is 419 g/mol. The molecule has 0 bridgehead atoms. The summed E-state index contributed by atoms with van der Waals surface area (Å²) >= 11 is 0. The average molecular weight is 455 g/mol. The monoisotopic (exact) mass is 454 g/mol. The summed E-state index contributed by atoms with van der Waals surface area (Å²) in [5, 5.41) is 2.89. The Labute approximate surface area is 196 Å². The standard InChI is InChI=1S/C27H35FN2O3/c1-6-15-29-25(31)23(7-2)33-21-13-10-18-14-16-30(26(32)27(3,4)5)24(22(18)17-21)19-8-11-20(28)12-9-19/h8-13,17,23-24H,6-7,14-16H2,1-5H3,(H,29,31)/t23-,24-/m0/s1. The molecular formula is C27H35FN2O3. The number of ether oxygens (including phenoxy) is 1. The lowest BCUT2D eigenvalue weighted by atomic mass is 9.85. The van der Waals surface area contributed by atoms with Crippen LogP contribution in [0.3, 0.4) is 0 Å². The van der Waals surface area contributed by atoms with Crippen molar-refractivity contribution in [2.24, 2.45) is 5.41 Å². The van der Waals surface area contributed by atoms with E-state index in [9.17, 15) is 14.0 Å². The zero-order valence-corrected chi connectivity index (χ0v) is 20.3. The second kappa shape index (κ2) is 10.4. The molecule has 1 N–H and O–H groups in total. The number of rotatable bonds is 7. The predicted molar refractivity (Wildman–Crippen MR) is 128 cm³/mol. The highest BCUT2D eigenvalue weighted by Crippen LogP contribution is 2.39.